The van der Waals surface area contributed by atoms with Crippen molar-refractivity contribution in [3.05, 3.63) is 137 Å². The Kier molecular flexibility index (Phi) is 7.07. The second-order valence-corrected chi connectivity index (χ2v) is 15.8. The number of hydrogen-bond donors (Lipinski definition) is 0. The number of fused-ring (bicyclic) bond motifs is 6. The maximum atomic E-state index is 10.7. The highest BCUT2D eigenvalue weighted by atomic mass is 15.0. The van der Waals surface area contributed by atoms with Gasteiger partial charge in [0, 0.05) is 38.5 Å². The van der Waals surface area contributed by atoms with Gasteiger partial charge >= 0.3 is 0 Å². The fraction of sp³-hybridized carbons (Fsp3) is 0.217. The summed E-state index contributed by atoms with van der Waals surface area (Å²) in [4.78, 5) is 4.79. The van der Waals surface area contributed by atoms with Gasteiger partial charge in [0.25, 0.3) is 0 Å². The van der Waals surface area contributed by atoms with E-state index in [2.05, 4.69) is 180 Å². The molecule has 0 N–H and O–H groups in total. The van der Waals surface area contributed by atoms with E-state index >= 15 is 0 Å². The first-order valence-electron chi connectivity index (χ1n) is 17.5. The molecular formula is C46H42N4. The fourth-order valence-corrected chi connectivity index (χ4v) is 7.70. The number of nitrogens with zero attached hydrogens (tertiary/aromatic N) is 4. The van der Waals surface area contributed by atoms with Gasteiger partial charge in [-0.15, -0.1) is 0 Å². The second-order valence-electron chi connectivity index (χ2n) is 15.8. The normalized spacial score (nSPS) is 12.4. The van der Waals surface area contributed by atoms with Crippen LogP contribution < -0.4 is 0 Å². The summed E-state index contributed by atoms with van der Waals surface area (Å²) in [7, 11) is 0. The van der Waals surface area contributed by atoms with E-state index in [0.29, 0.717) is 5.56 Å². The molecule has 5 aromatic carbocycles. The fourth-order valence-electron chi connectivity index (χ4n) is 7.70. The maximum Gasteiger partial charge on any atom is 0.0993 e. The highest BCUT2D eigenvalue weighted by molar-refractivity contribution is 6.12. The topological polar surface area (TPSA) is 46.5 Å². The number of benzene rings is 5. The molecule has 0 saturated heterocycles. The number of aryl methyl sites for hydroxylation is 2. The largest absolute Gasteiger partial charge is 0.308 e. The van der Waals surface area contributed by atoms with Gasteiger partial charge in [0.15, 0.2) is 0 Å². The third-order valence-corrected chi connectivity index (χ3v) is 10.2. The van der Waals surface area contributed by atoms with Gasteiger partial charge in [0.05, 0.1) is 45.1 Å². The van der Waals surface area contributed by atoms with E-state index in [9.17, 15) is 5.26 Å². The molecule has 50 heavy (non-hydrogen) atoms. The summed E-state index contributed by atoms with van der Waals surface area (Å²) < 4.78 is 4.78. The predicted molar refractivity (Wildman–Crippen MR) is 210 cm³/mol. The first kappa shape index (κ1) is 31.6. The Labute approximate surface area is 294 Å². The first-order chi connectivity index (χ1) is 23.8. The van der Waals surface area contributed by atoms with Crippen LogP contribution in [0, 0.1) is 25.2 Å². The highest BCUT2D eigenvalue weighted by Crippen LogP contribution is 2.44. The summed E-state index contributed by atoms with van der Waals surface area (Å²) in [6, 6.07) is 42.1. The van der Waals surface area contributed by atoms with E-state index in [0.717, 1.165) is 56.0 Å². The molecule has 246 valence electrons. The molecule has 0 spiro atoms. The molecule has 0 fully saturated rings. The van der Waals surface area contributed by atoms with Crippen molar-refractivity contribution < 1.29 is 0 Å². The zero-order chi connectivity index (χ0) is 35.1. The van der Waals surface area contributed by atoms with E-state index in [4.69, 9.17) is 4.98 Å². The van der Waals surface area contributed by atoms with Crippen LogP contribution in [-0.2, 0) is 10.8 Å². The summed E-state index contributed by atoms with van der Waals surface area (Å²) in [5, 5.41) is 15.5. The van der Waals surface area contributed by atoms with E-state index in [1.807, 2.05) is 0 Å². The molecule has 0 amide bonds. The molecule has 0 radical (unpaired) electrons. The average molecular weight is 651 g/mol. The van der Waals surface area contributed by atoms with Crippen LogP contribution in [0.15, 0.2) is 109 Å². The third kappa shape index (κ3) is 5.00. The van der Waals surface area contributed by atoms with Gasteiger partial charge in [0.1, 0.15) is 0 Å². The molecule has 0 atom stereocenters. The molecule has 4 nitrogen and oxygen atoms in total. The first-order valence-corrected chi connectivity index (χ1v) is 17.5. The van der Waals surface area contributed by atoms with Crippen LogP contribution in [0.3, 0.4) is 0 Å². The Morgan fingerprint density at radius 2 is 0.940 bits per heavy atom. The van der Waals surface area contributed by atoms with Crippen LogP contribution in [0.25, 0.3) is 66.1 Å². The number of para-hydroxylation sites is 2. The van der Waals surface area contributed by atoms with E-state index in [-0.39, 0.29) is 10.8 Å². The van der Waals surface area contributed by atoms with Gasteiger partial charge < -0.3 is 9.13 Å². The van der Waals surface area contributed by atoms with Crippen molar-refractivity contribution in [3.8, 4) is 28.6 Å². The van der Waals surface area contributed by atoms with Gasteiger partial charge in [-0.05, 0) is 89.9 Å². The molecule has 0 unspecified atom stereocenters. The summed E-state index contributed by atoms with van der Waals surface area (Å²) in [5.41, 5.74) is 13.5. The molecule has 3 heterocycles. The Morgan fingerprint density at radius 3 is 1.36 bits per heavy atom. The van der Waals surface area contributed by atoms with Gasteiger partial charge in [-0.25, -0.2) is 0 Å². The van der Waals surface area contributed by atoms with Gasteiger partial charge in [-0.1, -0.05) is 102 Å². The quantitative estimate of drug-likeness (QED) is 0.191. The minimum Gasteiger partial charge on any atom is -0.308 e. The van der Waals surface area contributed by atoms with Crippen LogP contribution in [0.1, 0.15) is 69.6 Å². The predicted octanol–water partition coefficient (Wildman–Crippen LogP) is 12.0. The Morgan fingerprint density at radius 1 is 0.520 bits per heavy atom. The van der Waals surface area contributed by atoms with Gasteiger partial charge in [0.2, 0.25) is 0 Å². The van der Waals surface area contributed by atoms with Gasteiger partial charge in [-0.2, -0.15) is 5.26 Å². The van der Waals surface area contributed by atoms with Crippen molar-refractivity contribution >= 4 is 43.6 Å². The van der Waals surface area contributed by atoms with Crippen LogP contribution in [0.4, 0.5) is 0 Å². The lowest BCUT2D eigenvalue weighted by atomic mass is 9.86. The zero-order valence-corrected chi connectivity index (χ0v) is 30.2. The monoisotopic (exact) mass is 650 g/mol. The number of rotatable bonds is 3. The van der Waals surface area contributed by atoms with E-state index in [1.165, 1.54) is 32.7 Å². The highest BCUT2D eigenvalue weighted by Gasteiger charge is 2.25. The Hall–Kier alpha value is -5.66. The number of hydrogen-bond acceptors (Lipinski definition) is 2. The number of nitriles is 1. The van der Waals surface area contributed by atoms with Crippen molar-refractivity contribution in [3.63, 3.8) is 0 Å². The average Bonchev–Trinajstić information content (AvgIpc) is 3.58. The lowest BCUT2D eigenvalue weighted by Gasteiger charge is -2.23. The molecule has 0 bridgehead atoms. The summed E-state index contributed by atoms with van der Waals surface area (Å²) in [6.07, 6.45) is 0. The molecule has 0 saturated carbocycles. The lowest BCUT2D eigenvalue weighted by molar-refractivity contribution is 0.590. The second kappa shape index (κ2) is 11.2. The van der Waals surface area contributed by atoms with Crippen molar-refractivity contribution in [2.45, 2.75) is 66.2 Å². The van der Waals surface area contributed by atoms with E-state index < -0.39 is 0 Å². The summed E-state index contributed by atoms with van der Waals surface area (Å²) in [5.74, 6) is 0. The van der Waals surface area contributed by atoms with E-state index in [1.54, 1.807) is 0 Å². The minimum absolute atomic E-state index is 0.0367. The van der Waals surface area contributed by atoms with Crippen LogP contribution in [0.2, 0.25) is 0 Å². The Balaban J connectivity index is 1.61. The minimum atomic E-state index is -0.0367. The van der Waals surface area contributed by atoms with Crippen molar-refractivity contribution in [1.29, 1.82) is 5.26 Å². The summed E-state index contributed by atoms with van der Waals surface area (Å²) >= 11 is 0. The molecule has 8 rings (SSSR count). The van der Waals surface area contributed by atoms with Gasteiger partial charge in [-0.3, -0.25) is 4.98 Å². The van der Waals surface area contributed by atoms with Crippen molar-refractivity contribution in [2.24, 2.45) is 0 Å². The van der Waals surface area contributed by atoms with Crippen molar-refractivity contribution in [2.75, 3.05) is 0 Å². The molecule has 0 aliphatic carbocycles. The van der Waals surface area contributed by atoms with Crippen molar-refractivity contribution in [1.82, 2.24) is 14.1 Å². The Bertz CT molecular complexity index is 2520. The smallest absolute Gasteiger partial charge is 0.0993 e. The molecule has 3 aromatic heterocycles. The van der Waals surface area contributed by atoms with Crippen LogP contribution >= 0.6 is 0 Å². The summed E-state index contributed by atoms with van der Waals surface area (Å²) in [6.45, 7) is 17.7. The zero-order valence-electron chi connectivity index (χ0n) is 30.2. The standard InChI is InChI=1S/C46H42N4/c1-28-21-31(22-29(2)48-28)44-42(49-38-15-11-9-13-34(38)36-19-17-32(25-40(36)49)45(3,4)5)23-30(27-47)24-43(44)50-39-16-12-10-14-35(39)37-20-18-33(26-41(37)50)46(6,7)8/h9-26H,1-8H3. The van der Waals surface area contributed by atoms with Crippen LogP contribution in [0.5, 0.6) is 0 Å². The lowest BCUT2D eigenvalue weighted by Crippen LogP contribution is -2.11. The third-order valence-electron chi connectivity index (χ3n) is 10.2. The maximum absolute atomic E-state index is 10.7. The number of pyridine rings is 1. The molecule has 8 aromatic rings. The molecular weight excluding hydrogens is 609 g/mol. The van der Waals surface area contributed by atoms with Crippen LogP contribution in [-0.4, -0.2) is 14.1 Å². The molecule has 0 aliphatic rings. The molecule has 4 heteroatoms. The number of aromatic nitrogens is 3. The molecule has 0 aliphatic heterocycles. The SMILES string of the molecule is Cc1cc(-c2c(-n3c4ccccc4c4ccc(C(C)(C)C)cc43)cc(C#N)cc2-n2c3ccccc3c3ccc(C(C)(C)C)cc32)cc(C)n1.